The van der Waals surface area contributed by atoms with Crippen molar-refractivity contribution < 1.29 is 19.1 Å². The molecule has 3 rings (SSSR count). The normalized spacial score (nSPS) is 10.5. The molecule has 0 fully saturated rings. The highest BCUT2D eigenvalue weighted by Crippen LogP contribution is 2.30. The Morgan fingerprint density at radius 1 is 0.968 bits per heavy atom. The average Bonchev–Trinajstić information content (AvgIpc) is 3.07. The number of nitrogens with zero attached hydrogens (tertiary/aromatic N) is 3. The maximum Gasteiger partial charge on any atom is 0.280 e. The van der Waals surface area contributed by atoms with Gasteiger partial charge in [0.15, 0.2) is 23.0 Å². The van der Waals surface area contributed by atoms with Crippen LogP contribution in [-0.4, -0.2) is 41.0 Å². The summed E-state index contributed by atoms with van der Waals surface area (Å²) in [7, 11) is 3.02. The SMILES string of the molecule is COc1ccc(NC(=O)c2nnn(CC(=O)Nc3cc(C)cc(C)c3)c2N)cc1OC. The van der Waals surface area contributed by atoms with E-state index in [4.69, 9.17) is 15.2 Å². The Kier molecular flexibility index (Phi) is 6.39. The molecule has 0 unspecified atom stereocenters. The number of carbonyl (C=O) groups is 2. The molecule has 2 amide bonds. The molecular formula is C21H24N6O4. The van der Waals surface area contributed by atoms with E-state index < -0.39 is 5.91 Å². The lowest BCUT2D eigenvalue weighted by molar-refractivity contribution is -0.116. The largest absolute Gasteiger partial charge is 0.493 e. The fourth-order valence-electron chi connectivity index (χ4n) is 3.09. The van der Waals surface area contributed by atoms with Gasteiger partial charge >= 0.3 is 0 Å². The van der Waals surface area contributed by atoms with Crippen LogP contribution in [-0.2, 0) is 11.3 Å². The third-order valence-electron chi connectivity index (χ3n) is 4.43. The van der Waals surface area contributed by atoms with E-state index in [0.717, 1.165) is 11.1 Å². The molecule has 0 saturated carbocycles. The van der Waals surface area contributed by atoms with Crippen molar-refractivity contribution >= 4 is 29.0 Å². The van der Waals surface area contributed by atoms with Crippen molar-refractivity contribution in [3.63, 3.8) is 0 Å². The fraction of sp³-hybridized carbons (Fsp3) is 0.238. The molecule has 31 heavy (non-hydrogen) atoms. The molecule has 0 radical (unpaired) electrons. The number of aryl methyl sites for hydroxylation is 2. The predicted molar refractivity (Wildman–Crippen MR) is 116 cm³/mol. The van der Waals surface area contributed by atoms with Crippen LogP contribution in [0.2, 0.25) is 0 Å². The minimum Gasteiger partial charge on any atom is -0.493 e. The van der Waals surface area contributed by atoms with E-state index in [-0.39, 0.29) is 24.0 Å². The summed E-state index contributed by atoms with van der Waals surface area (Å²) in [6.07, 6.45) is 0. The predicted octanol–water partition coefficient (Wildman–Crippen LogP) is 2.39. The van der Waals surface area contributed by atoms with E-state index >= 15 is 0 Å². The summed E-state index contributed by atoms with van der Waals surface area (Å²) in [6, 6.07) is 10.6. The summed E-state index contributed by atoms with van der Waals surface area (Å²) in [5.41, 5.74) is 9.11. The minimum atomic E-state index is -0.564. The van der Waals surface area contributed by atoms with E-state index in [9.17, 15) is 9.59 Å². The first-order valence-corrected chi connectivity index (χ1v) is 9.41. The minimum absolute atomic E-state index is 0.0199. The van der Waals surface area contributed by atoms with Crippen molar-refractivity contribution in [3.05, 3.63) is 53.2 Å². The monoisotopic (exact) mass is 424 g/mol. The average molecular weight is 424 g/mol. The van der Waals surface area contributed by atoms with Gasteiger partial charge in [-0.05, 0) is 49.2 Å². The van der Waals surface area contributed by atoms with Crippen LogP contribution in [0.25, 0.3) is 0 Å². The number of rotatable bonds is 7. The van der Waals surface area contributed by atoms with Gasteiger partial charge in [-0.2, -0.15) is 0 Å². The fourth-order valence-corrected chi connectivity index (χ4v) is 3.09. The lowest BCUT2D eigenvalue weighted by Crippen LogP contribution is -2.21. The van der Waals surface area contributed by atoms with Crippen LogP contribution in [0.5, 0.6) is 11.5 Å². The number of nitrogens with one attached hydrogen (secondary N) is 2. The van der Waals surface area contributed by atoms with Crippen LogP contribution in [0.15, 0.2) is 36.4 Å². The molecule has 10 heteroatoms. The summed E-state index contributed by atoms with van der Waals surface area (Å²) in [5.74, 6) is 0.0634. The topological polar surface area (TPSA) is 133 Å². The first-order chi connectivity index (χ1) is 14.8. The number of hydrogen-bond donors (Lipinski definition) is 3. The zero-order valence-electron chi connectivity index (χ0n) is 17.7. The second-order valence-corrected chi connectivity index (χ2v) is 6.93. The van der Waals surface area contributed by atoms with E-state index in [1.54, 1.807) is 18.2 Å². The van der Waals surface area contributed by atoms with Gasteiger partial charge in [0.2, 0.25) is 5.91 Å². The number of carbonyl (C=O) groups excluding carboxylic acids is 2. The van der Waals surface area contributed by atoms with Gasteiger partial charge in [0.05, 0.1) is 14.2 Å². The van der Waals surface area contributed by atoms with Crippen molar-refractivity contribution in [2.75, 3.05) is 30.6 Å². The Balaban J connectivity index is 1.69. The van der Waals surface area contributed by atoms with Crippen LogP contribution < -0.4 is 25.8 Å². The van der Waals surface area contributed by atoms with Gasteiger partial charge < -0.3 is 25.8 Å². The Morgan fingerprint density at radius 2 is 1.65 bits per heavy atom. The summed E-state index contributed by atoms with van der Waals surface area (Å²) in [4.78, 5) is 25.0. The van der Waals surface area contributed by atoms with Gasteiger partial charge in [0.1, 0.15) is 6.54 Å². The molecule has 0 aliphatic heterocycles. The zero-order chi connectivity index (χ0) is 22.5. The maximum absolute atomic E-state index is 12.6. The molecule has 10 nitrogen and oxygen atoms in total. The van der Waals surface area contributed by atoms with Crippen molar-refractivity contribution in [1.82, 2.24) is 15.0 Å². The Labute approximate surface area is 179 Å². The molecule has 0 spiro atoms. The molecule has 4 N–H and O–H groups in total. The molecule has 1 aromatic heterocycles. The Hall–Kier alpha value is -4.08. The molecule has 1 heterocycles. The van der Waals surface area contributed by atoms with Crippen molar-refractivity contribution in [2.45, 2.75) is 20.4 Å². The Bertz CT molecular complexity index is 1100. The maximum atomic E-state index is 12.6. The van der Waals surface area contributed by atoms with Crippen LogP contribution in [0.1, 0.15) is 21.6 Å². The standard InChI is InChI=1S/C21H24N6O4/c1-12-7-13(2)9-15(8-12)23-18(28)11-27-20(22)19(25-26-27)21(29)24-14-5-6-16(30-3)17(10-14)31-4/h5-10H,11,22H2,1-4H3,(H,23,28)(H,24,29). The van der Waals surface area contributed by atoms with Crippen molar-refractivity contribution in [2.24, 2.45) is 0 Å². The van der Waals surface area contributed by atoms with Crippen LogP contribution in [0, 0.1) is 13.8 Å². The van der Waals surface area contributed by atoms with Crippen LogP contribution in [0.4, 0.5) is 17.2 Å². The second kappa shape index (κ2) is 9.16. The van der Waals surface area contributed by atoms with E-state index in [1.807, 2.05) is 32.0 Å². The molecule has 0 aliphatic carbocycles. The van der Waals surface area contributed by atoms with Crippen molar-refractivity contribution in [1.29, 1.82) is 0 Å². The lowest BCUT2D eigenvalue weighted by atomic mass is 10.1. The van der Waals surface area contributed by atoms with Gasteiger partial charge in [0, 0.05) is 17.4 Å². The zero-order valence-corrected chi connectivity index (χ0v) is 17.7. The van der Waals surface area contributed by atoms with E-state index in [0.29, 0.717) is 22.9 Å². The quantitative estimate of drug-likeness (QED) is 0.530. The summed E-state index contributed by atoms with van der Waals surface area (Å²) < 4.78 is 11.6. The van der Waals surface area contributed by atoms with E-state index in [1.165, 1.54) is 18.9 Å². The first-order valence-electron chi connectivity index (χ1n) is 9.41. The molecule has 0 atom stereocenters. The third kappa shape index (κ3) is 5.10. The first kappa shape index (κ1) is 21.6. The van der Waals surface area contributed by atoms with Crippen LogP contribution >= 0.6 is 0 Å². The number of amides is 2. The van der Waals surface area contributed by atoms with Crippen LogP contribution in [0.3, 0.4) is 0 Å². The molecule has 0 saturated heterocycles. The van der Waals surface area contributed by atoms with Gasteiger partial charge in [0.25, 0.3) is 5.91 Å². The van der Waals surface area contributed by atoms with Gasteiger partial charge in [-0.25, -0.2) is 4.68 Å². The number of nitrogen functional groups attached to an aromatic ring is 1. The Morgan fingerprint density at radius 3 is 2.29 bits per heavy atom. The number of nitrogens with two attached hydrogens (primary N) is 1. The van der Waals surface area contributed by atoms with Crippen molar-refractivity contribution in [3.8, 4) is 11.5 Å². The third-order valence-corrected chi connectivity index (χ3v) is 4.43. The van der Waals surface area contributed by atoms with Gasteiger partial charge in [-0.1, -0.05) is 11.3 Å². The molecule has 3 aromatic rings. The highest BCUT2D eigenvalue weighted by molar-refractivity contribution is 6.06. The summed E-state index contributed by atoms with van der Waals surface area (Å²) >= 11 is 0. The molecule has 0 bridgehead atoms. The number of benzene rings is 2. The van der Waals surface area contributed by atoms with Gasteiger partial charge in [-0.3, -0.25) is 9.59 Å². The highest BCUT2D eigenvalue weighted by atomic mass is 16.5. The lowest BCUT2D eigenvalue weighted by Gasteiger charge is -2.10. The number of anilines is 3. The molecule has 0 aliphatic rings. The summed E-state index contributed by atoms with van der Waals surface area (Å²) in [5, 5.41) is 13.1. The molecular weight excluding hydrogens is 400 g/mol. The number of hydrogen-bond acceptors (Lipinski definition) is 7. The second-order valence-electron chi connectivity index (χ2n) is 6.93. The smallest absolute Gasteiger partial charge is 0.280 e. The van der Waals surface area contributed by atoms with Gasteiger partial charge in [-0.15, -0.1) is 5.10 Å². The number of methoxy groups -OCH3 is 2. The summed E-state index contributed by atoms with van der Waals surface area (Å²) in [6.45, 7) is 3.71. The molecule has 2 aromatic carbocycles. The van der Waals surface area contributed by atoms with E-state index in [2.05, 4.69) is 20.9 Å². The number of aromatic nitrogens is 3. The molecule has 162 valence electrons. The highest BCUT2D eigenvalue weighted by Gasteiger charge is 2.20. The number of ether oxygens (including phenoxy) is 2.